The van der Waals surface area contributed by atoms with Gasteiger partial charge in [-0.2, -0.15) is 0 Å². The molecular formula is C52H58AuN2-2. The third-order valence-electron chi connectivity index (χ3n) is 14.3. The van der Waals surface area contributed by atoms with Gasteiger partial charge in [-0.15, -0.1) is 16.8 Å². The van der Waals surface area contributed by atoms with Crippen LogP contribution in [0, 0.1) is 35.6 Å². The summed E-state index contributed by atoms with van der Waals surface area (Å²) in [4.78, 5) is 2.78. The Morgan fingerprint density at radius 1 is 0.564 bits per heavy atom. The largest absolute Gasteiger partial charge is 0.657 e. The first-order chi connectivity index (χ1) is 26.1. The van der Waals surface area contributed by atoms with Crippen molar-refractivity contribution in [1.29, 1.82) is 0 Å². The number of hydrogen-bond acceptors (Lipinski definition) is 1. The summed E-state index contributed by atoms with van der Waals surface area (Å²) in [6.45, 7) is 17.3. The number of nitrogens with zero attached hydrogens (tertiary/aromatic N) is 2. The van der Waals surface area contributed by atoms with Crippen LogP contribution in [0.2, 0.25) is 0 Å². The van der Waals surface area contributed by atoms with Crippen molar-refractivity contribution in [2.24, 2.45) is 29.1 Å². The van der Waals surface area contributed by atoms with Crippen LogP contribution in [0.15, 0.2) is 127 Å². The summed E-state index contributed by atoms with van der Waals surface area (Å²) in [5, 5.41) is 4.96. The molecule has 0 N–H and O–H groups in total. The van der Waals surface area contributed by atoms with Gasteiger partial charge in [0.1, 0.15) is 0 Å². The van der Waals surface area contributed by atoms with Gasteiger partial charge < -0.3 is 10.2 Å². The Kier molecular flexibility index (Phi) is 10.3. The molecule has 2 heterocycles. The van der Waals surface area contributed by atoms with Crippen LogP contribution < -0.4 is 4.90 Å². The zero-order valence-corrected chi connectivity index (χ0v) is 35.8. The molecule has 0 aromatic heterocycles. The van der Waals surface area contributed by atoms with Gasteiger partial charge in [0, 0.05) is 33.6 Å². The molecule has 5 fully saturated rings. The SMILES string of the molecule is CC(C)c1cccc(C(C)C)c1N1[CH-]C2(CC1(C)C)C1CC3CC(C1)CC2C3.[Au].c1ccc(C2(c3ccccc3)c3ccccc3[N-]c3ccccc32)cc1. The van der Waals surface area contributed by atoms with Gasteiger partial charge in [-0.1, -0.05) is 173 Å². The minimum atomic E-state index is -0.364. The molecular weight excluding hydrogens is 850 g/mol. The normalized spacial score (nSPS) is 26.1. The second-order valence-electron chi connectivity index (χ2n) is 18.6. The molecule has 2 aliphatic heterocycles. The Morgan fingerprint density at radius 3 is 1.45 bits per heavy atom. The number of fused-ring (bicyclic) bond motifs is 2. The molecule has 1 saturated heterocycles. The Labute approximate surface area is 347 Å². The molecule has 3 heteroatoms. The molecule has 6 aliphatic rings. The monoisotopic (exact) mass is 907 g/mol. The maximum absolute atomic E-state index is 4.96. The van der Waals surface area contributed by atoms with Crippen LogP contribution in [0.4, 0.5) is 17.1 Å². The van der Waals surface area contributed by atoms with E-state index in [4.69, 9.17) is 5.32 Å². The molecule has 5 aromatic rings. The van der Waals surface area contributed by atoms with E-state index in [1.807, 2.05) is 0 Å². The molecule has 289 valence electrons. The minimum Gasteiger partial charge on any atom is -0.657 e. The van der Waals surface area contributed by atoms with Crippen molar-refractivity contribution >= 4 is 17.1 Å². The summed E-state index contributed by atoms with van der Waals surface area (Å²) in [6, 6.07) is 45.6. The van der Waals surface area contributed by atoms with Gasteiger partial charge in [0.25, 0.3) is 0 Å². The Morgan fingerprint density at radius 2 is 1.00 bits per heavy atom. The average molecular weight is 908 g/mol. The summed E-state index contributed by atoms with van der Waals surface area (Å²) in [5.74, 6) is 5.12. The Bertz CT molecular complexity index is 1970. The van der Waals surface area contributed by atoms with Crippen molar-refractivity contribution in [3.8, 4) is 0 Å². The van der Waals surface area contributed by atoms with Gasteiger partial charge >= 0.3 is 0 Å². The zero-order valence-electron chi connectivity index (χ0n) is 33.6. The summed E-state index contributed by atoms with van der Waals surface area (Å²) < 4.78 is 0. The Balaban J connectivity index is 0.000000153. The number of hydrogen-bond donors (Lipinski definition) is 0. The average Bonchev–Trinajstić information content (AvgIpc) is 3.47. The standard InChI is InChI=1S/C27H40N.C25H18N.Au/c1-17(2)23-8-7-9-24(18(3)4)25(23)28-16-27(15-26(28,5)6)21-11-19-10-20(13-21)14-22(27)12-19;1-3-11-19(12-4-1)25(20-13-5-2-6-14-20)21-15-7-9-17-23(21)26-24-18-10-8-16-22(24)25;/h7-9,16-22H,10-15H2,1-6H3;1-18H;/q2*-1;. The first-order valence-corrected chi connectivity index (χ1v) is 20.9. The van der Waals surface area contributed by atoms with Crippen molar-refractivity contribution < 1.29 is 22.4 Å². The van der Waals surface area contributed by atoms with Crippen LogP contribution in [0.3, 0.4) is 0 Å². The van der Waals surface area contributed by atoms with Crippen molar-refractivity contribution in [2.75, 3.05) is 4.90 Å². The van der Waals surface area contributed by atoms with Gasteiger partial charge in [0.05, 0.1) is 5.41 Å². The van der Waals surface area contributed by atoms with E-state index in [2.05, 4.69) is 180 Å². The predicted molar refractivity (Wildman–Crippen MR) is 227 cm³/mol. The molecule has 1 radical (unpaired) electrons. The molecule has 2 nitrogen and oxygen atoms in total. The van der Waals surface area contributed by atoms with Crippen molar-refractivity contribution in [2.45, 2.75) is 103 Å². The molecule has 4 bridgehead atoms. The maximum atomic E-state index is 4.96. The van der Waals surface area contributed by atoms with E-state index in [-0.39, 0.29) is 33.3 Å². The van der Waals surface area contributed by atoms with Crippen LogP contribution in [-0.4, -0.2) is 5.54 Å². The maximum Gasteiger partial charge on any atom is 0.0678 e. The molecule has 0 unspecified atom stereocenters. The van der Waals surface area contributed by atoms with E-state index in [1.54, 1.807) is 12.1 Å². The fourth-order valence-corrected chi connectivity index (χ4v) is 12.2. The topological polar surface area (TPSA) is 17.3 Å². The fraction of sp³-hybridized carbons (Fsp3) is 0.404. The molecule has 4 saturated carbocycles. The van der Waals surface area contributed by atoms with Crippen LogP contribution in [-0.2, 0) is 27.8 Å². The fourth-order valence-electron chi connectivity index (χ4n) is 12.2. The molecule has 5 aromatic carbocycles. The summed E-state index contributed by atoms with van der Waals surface area (Å²) in [7, 11) is 0. The minimum absolute atomic E-state index is 0. The van der Waals surface area contributed by atoms with Crippen molar-refractivity contribution in [3.05, 3.63) is 173 Å². The van der Waals surface area contributed by atoms with Crippen LogP contribution in [0.1, 0.15) is 125 Å². The number of para-hydroxylation sites is 3. The van der Waals surface area contributed by atoms with E-state index < -0.39 is 0 Å². The molecule has 55 heavy (non-hydrogen) atoms. The first-order valence-electron chi connectivity index (χ1n) is 20.9. The van der Waals surface area contributed by atoms with Crippen LogP contribution in [0.5, 0.6) is 0 Å². The third kappa shape index (κ3) is 6.27. The zero-order chi connectivity index (χ0) is 37.2. The van der Waals surface area contributed by atoms with Gasteiger partial charge in [-0.05, 0) is 103 Å². The van der Waals surface area contributed by atoms with Crippen LogP contribution >= 0.6 is 0 Å². The van der Waals surface area contributed by atoms with Crippen LogP contribution in [0.25, 0.3) is 5.32 Å². The van der Waals surface area contributed by atoms with Crippen molar-refractivity contribution in [3.63, 3.8) is 0 Å². The molecule has 11 rings (SSSR count). The van der Waals surface area contributed by atoms with Gasteiger partial charge in [0.15, 0.2) is 0 Å². The third-order valence-corrected chi connectivity index (χ3v) is 14.3. The van der Waals surface area contributed by atoms with Crippen molar-refractivity contribution in [1.82, 2.24) is 0 Å². The molecule has 1 spiro atoms. The summed E-state index contributed by atoms with van der Waals surface area (Å²) in [5.41, 5.74) is 12.0. The number of benzene rings is 5. The van der Waals surface area contributed by atoms with E-state index in [0.717, 1.165) is 35.0 Å². The van der Waals surface area contributed by atoms with E-state index in [0.29, 0.717) is 17.3 Å². The number of rotatable bonds is 5. The predicted octanol–water partition coefficient (Wildman–Crippen LogP) is 14.2. The van der Waals surface area contributed by atoms with Gasteiger partial charge in [-0.25, -0.2) is 6.54 Å². The van der Waals surface area contributed by atoms with E-state index in [9.17, 15) is 0 Å². The quantitative estimate of drug-likeness (QED) is 0.124. The summed E-state index contributed by atoms with van der Waals surface area (Å²) >= 11 is 0. The Hall–Kier alpha value is -3.56. The first kappa shape index (κ1) is 38.3. The summed E-state index contributed by atoms with van der Waals surface area (Å²) in [6.07, 6.45) is 8.95. The molecule has 4 aliphatic carbocycles. The van der Waals surface area contributed by atoms with Gasteiger partial charge in [-0.3, -0.25) is 0 Å². The molecule has 0 atom stereocenters. The smallest absolute Gasteiger partial charge is 0.0678 e. The molecule has 0 amide bonds. The second kappa shape index (κ2) is 14.7. The second-order valence-corrected chi connectivity index (χ2v) is 18.6. The van der Waals surface area contributed by atoms with Gasteiger partial charge in [0.2, 0.25) is 0 Å². The van der Waals surface area contributed by atoms with E-state index >= 15 is 0 Å². The number of anilines is 1. The van der Waals surface area contributed by atoms with E-state index in [1.165, 1.54) is 65.5 Å².